The number of carbonyl (C=O) groups is 2. The van der Waals surface area contributed by atoms with Crippen LogP contribution in [0.4, 0.5) is 5.69 Å². The molecule has 3 heterocycles. The van der Waals surface area contributed by atoms with Crippen LogP contribution in [0.1, 0.15) is 66.4 Å². The quantitative estimate of drug-likeness (QED) is 0.745. The molecule has 1 aromatic heterocycles. The minimum absolute atomic E-state index is 0.0938. The van der Waals surface area contributed by atoms with Crippen LogP contribution in [-0.4, -0.2) is 35.6 Å². The van der Waals surface area contributed by atoms with E-state index in [9.17, 15) is 9.59 Å². The molecule has 3 aliphatic rings. The summed E-state index contributed by atoms with van der Waals surface area (Å²) < 4.78 is 7.62. The van der Waals surface area contributed by atoms with E-state index in [1.54, 1.807) is 15.8 Å². The Morgan fingerprint density at radius 1 is 1.28 bits per heavy atom. The summed E-state index contributed by atoms with van der Waals surface area (Å²) in [5.41, 5.74) is 3.99. The summed E-state index contributed by atoms with van der Waals surface area (Å²) in [6.45, 7) is 0.733. The van der Waals surface area contributed by atoms with Crippen molar-refractivity contribution in [3.8, 4) is 0 Å². The van der Waals surface area contributed by atoms with Crippen molar-refractivity contribution in [2.75, 3.05) is 18.6 Å². The van der Waals surface area contributed by atoms with E-state index in [-0.39, 0.29) is 12.1 Å². The van der Waals surface area contributed by atoms with Crippen LogP contribution in [0, 0.1) is 0 Å². The zero-order valence-corrected chi connectivity index (χ0v) is 16.6. The number of likely N-dealkylation sites (N-methyl/N-ethyl adjacent to an activating group) is 1. The van der Waals surface area contributed by atoms with E-state index in [1.807, 2.05) is 25.2 Å². The average Bonchev–Trinajstić information content (AvgIpc) is 3.30. The van der Waals surface area contributed by atoms with E-state index in [1.165, 1.54) is 0 Å². The van der Waals surface area contributed by atoms with Crippen molar-refractivity contribution >= 4 is 23.5 Å². The highest BCUT2D eigenvalue weighted by Crippen LogP contribution is 2.50. The number of hydrogen-bond acceptors (Lipinski definition) is 4. The standard InChI is InChI=1S/C23H25N3O3/c1-25-19-7-3-2-6-18(19)23(22(25)28)11-9-16(10-12-23)21-17(15-27)14-26(24-21)20-8-4-5-13-29-20/h2-3,6-7,9,14-15,20H,4-5,8,10-13H2,1H3. The van der Waals surface area contributed by atoms with Gasteiger partial charge in [0.15, 0.2) is 6.29 Å². The van der Waals surface area contributed by atoms with Gasteiger partial charge in [-0.05, 0) is 55.7 Å². The SMILES string of the molecule is CN1C(=O)C2(CC=C(c3nn(C4CCCCO4)cc3C=O)CC2)c2ccccc21. The predicted octanol–water partition coefficient (Wildman–Crippen LogP) is 3.88. The van der Waals surface area contributed by atoms with Crippen molar-refractivity contribution in [1.82, 2.24) is 9.78 Å². The molecule has 2 aliphatic heterocycles. The Hall–Kier alpha value is -2.73. The predicted molar refractivity (Wildman–Crippen MR) is 110 cm³/mol. The van der Waals surface area contributed by atoms with Crippen LogP contribution < -0.4 is 4.90 Å². The fourth-order valence-corrected chi connectivity index (χ4v) is 5.04. The lowest BCUT2D eigenvalue weighted by Gasteiger charge is -2.31. The molecule has 150 valence electrons. The van der Waals surface area contributed by atoms with Crippen molar-refractivity contribution in [3.05, 3.63) is 53.4 Å². The van der Waals surface area contributed by atoms with E-state index in [2.05, 4.69) is 12.1 Å². The summed E-state index contributed by atoms with van der Waals surface area (Å²) in [5.74, 6) is 0.158. The van der Waals surface area contributed by atoms with E-state index in [0.717, 1.165) is 67.5 Å². The molecule has 1 spiro atoms. The maximum absolute atomic E-state index is 13.1. The van der Waals surface area contributed by atoms with Crippen LogP contribution in [-0.2, 0) is 14.9 Å². The Labute approximate surface area is 170 Å². The third kappa shape index (κ3) is 2.77. The van der Waals surface area contributed by atoms with Gasteiger partial charge < -0.3 is 9.64 Å². The lowest BCUT2D eigenvalue weighted by molar-refractivity contribution is -0.123. The number of amides is 1. The normalized spacial score (nSPS) is 26.5. The summed E-state index contributed by atoms with van der Waals surface area (Å²) in [7, 11) is 1.85. The summed E-state index contributed by atoms with van der Waals surface area (Å²) in [5, 5.41) is 4.72. The molecule has 6 heteroatoms. The summed E-state index contributed by atoms with van der Waals surface area (Å²) in [6, 6.07) is 8.06. The van der Waals surface area contributed by atoms with Crippen LogP contribution in [0.5, 0.6) is 0 Å². The van der Waals surface area contributed by atoms with E-state index in [0.29, 0.717) is 12.0 Å². The lowest BCUT2D eigenvalue weighted by Crippen LogP contribution is -2.39. The number of carbonyl (C=O) groups excluding carboxylic acids is 2. The highest BCUT2D eigenvalue weighted by Gasteiger charge is 2.49. The van der Waals surface area contributed by atoms with E-state index >= 15 is 0 Å². The van der Waals surface area contributed by atoms with Gasteiger partial charge in [-0.3, -0.25) is 9.59 Å². The topological polar surface area (TPSA) is 64.4 Å². The molecule has 1 aromatic carbocycles. The monoisotopic (exact) mass is 391 g/mol. The fraction of sp³-hybridized carbons (Fsp3) is 0.435. The molecule has 0 N–H and O–H groups in total. The number of para-hydroxylation sites is 1. The van der Waals surface area contributed by atoms with Gasteiger partial charge in [-0.2, -0.15) is 5.10 Å². The second kappa shape index (κ2) is 6.95. The van der Waals surface area contributed by atoms with Gasteiger partial charge >= 0.3 is 0 Å². The lowest BCUT2D eigenvalue weighted by atomic mass is 9.70. The van der Waals surface area contributed by atoms with Gasteiger partial charge in [0.2, 0.25) is 5.91 Å². The summed E-state index contributed by atoms with van der Waals surface area (Å²) in [4.78, 5) is 26.6. The molecule has 2 atom stereocenters. The first-order valence-electron chi connectivity index (χ1n) is 10.4. The van der Waals surface area contributed by atoms with Crippen LogP contribution in [0.2, 0.25) is 0 Å². The Morgan fingerprint density at radius 2 is 2.14 bits per heavy atom. The molecule has 29 heavy (non-hydrogen) atoms. The fourth-order valence-electron chi connectivity index (χ4n) is 5.04. The Bertz CT molecular complexity index is 1000. The molecule has 2 aromatic rings. The largest absolute Gasteiger partial charge is 0.357 e. The van der Waals surface area contributed by atoms with E-state index < -0.39 is 5.41 Å². The summed E-state index contributed by atoms with van der Waals surface area (Å²) >= 11 is 0. The number of aldehydes is 1. The maximum Gasteiger partial charge on any atom is 0.237 e. The number of aromatic nitrogens is 2. The summed E-state index contributed by atoms with van der Waals surface area (Å²) in [6.07, 6.45) is 9.86. The molecule has 2 unspecified atom stereocenters. The molecule has 6 nitrogen and oxygen atoms in total. The van der Waals surface area contributed by atoms with Crippen molar-refractivity contribution in [2.24, 2.45) is 0 Å². The number of nitrogens with zero attached hydrogens (tertiary/aromatic N) is 3. The number of hydrogen-bond donors (Lipinski definition) is 0. The minimum Gasteiger partial charge on any atom is -0.357 e. The van der Waals surface area contributed by atoms with Gasteiger partial charge in [-0.15, -0.1) is 0 Å². The third-order valence-electron chi connectivity index (χ3n) is 6.66. The Kier molecular flexibility index (Phi) is 4.39. The number of allylic oxidation sites excluding steroid dienone is 2. The zero-order valence-electron chi connectivity index (χ0n) is 16.6. The van der Waals surface area contributed by atoms with Gasteiger partial charge in [0, 0.05) is 25.5 Å². The molecule has 1 aliphatic carbocycles. The molecular weight excluding hydrogens is 366 g/mol. The number of benzene rings is 1. The van der Waals surface area contributed by atoms with Crippen molar-refractivity contribution in [1.29, 1.82) is 0 Å². The van der Waals surface area contributed by atoms with Gasteiger partial charge in [0.05, 0.1) is 16.7 Å². The first-order valence-corrected chi connectivity index (χ1v) is 10.4. The zero-order chi connectivity index (χ0) is 20.0. The van der Waals surface area contributed by atoms with E-state index in [4.69, 9.17) is 9.84 Å². The highest BCUT2D eigenvalue weighted by molar-refractivity contribution is 6.08. The molecule has 1 saturated heterocycles. The second-order valence-electron chi connectivity index (χ2n) is 8.25. The number of ether oxygens (including phenoxy) is 1. The first kappa shape index (κ1) is 18.3. The molecule has 0 radical (unpaired) electrons. The van der Waals surface area contributed by atoms with Gasteiger partial charge in [-0.1, -0.05) is 24.3 Å². The van der Waals surface area contributed by atoms with Gasteiger partial charge in [0.1, 0.15) is 6.23 Å². The van der Waals surface area contributed by atoms with Crippen molar-refractivity contribution in [2.45, 2.75) is 50.2 Å². The Balaban J connectivity index is 1.47. The third-order valence-corrected chi connectivity index (χ3v) is 6.66. The molecule has 0 bridgehead atoms. The second-order valence-corrected chi connectivity index (χ2v) is 8.25. The maximum atomic E-state index is 13.1. The van der Waals surface area contributed by atoms with Crippen LogP contribution in [0.25, 0.3) is 5.57 Å². The molecule has 5 rings (SSSR count). The minimum atomic E-state index is -0.495. The van der Waals surface area contributed by atoms with Crippen molar-refractivity contribution in [3.63, 3.8) is 0 Å². The highest BCUT2D eigenvalue weighted by atomic mass is 16.5. The van der Waals surface area contributed by atoms with Crippen LogP contribution >= 0.6 is 0 Å². The number of anilines is 1. The molecule has 1 amide bonds. The van der Waals surface area contributed by atoms with Crippen LogP contribution in [0.15, 0.2) is 36.5 Å². The average molecular weight is 391 g/mol. The molecule has 1 fully saturated rings. The number of rotatable bonds is 3. The molecule has 0 saturated carbocycles. The van der Waals surface area contributed by atoms with Crippen molar-refractivity contribution < 1.29 is 14.3 Å². The van der Waals surface area contributed by atoms with Crippen LogP contribution in [0.3, 0.4) is 0 Å². The number of fused-ring (bicyclic) bond motifs is 2. The van der Waals surface area contributed by atoms with Gasteiger partial charge in [0.25, 0.3) is 0 Å². The molecular formula is C23H25N3O3. The first-order chi connectivity index (χ1) is 14.1. The van der Waals surface area contributed by atoms with Gasteiger partial charge in [-0.25, -0.2) is 4.68 Å². The smallest absolute Gasteiger partial charge is 0.237 e. The Morgan fingerprint density at radius 3 is 2.86 bits per heavy atom.